The molecule has 1 aromatic rings. The summed E-state index contributed by atoms with van der Waals surface area (Å²) >= 11 is 0. The average molecular weight is 330 g/mol. The highest BCUT2D eigenvalue weighted by molar-refractivity contribution is 5.95. The first-order chi connectivity index (χ1) is 11.4. The van der Waals surface area contributed by atoms with Gasteiger partial charge in [-0.1, -0.05) is 13.5 Å². The van der Waals surface area contributed by atoms with Gasteiger partial charge in [0.05, 0.1) is 5.56 Å². The number of allylic oxidation sites excluding steroid dienone is 3. The van der Waals surface area contributed by atoms with Gasteiger partial charge in [-0.05, 0) is 31.6 Å². The van der Waals surface area contributed by atoms with E-state index in [2.05, 4.69) is 11.9 Å². The second-order valence-electron chi connectivity index (χ2n) is 5.48. The van der Waals surface area contributed by atoms with Crippen LogP contribution in [0, 0.1) is 0 Å². The lowest BCUT2D eigenvalue weighted by molar-refractivity contribution is 0.0606. The summed E-state index contributed by atoms with van der Waals surface area (Å²) in [6.07, 6.45) is 5.53. The van der Waals surface area contributed by atoms with Crippen LogP contribution in [0.2, 0.25) is 0 Å². The highest BCUT2D eigenvalue weighted by atomic mass is 16.6. The molecule has 1 aliphatic rings. The van der Waals surface area contributed by atoms with Gasteiger partial charge in [-0.15, -0.1) is 0 Å². The molecule has 0 radical (unpaired) electrons. The van der Waals surface area contributed by atoms with Crippen LogP contribution in [-0.2, 0) is 22.9 Å². The number of hydrogen-bond donors (Lipinski definition) is 1. The summed E-state index contributed by atoms with van der Waals surface area (Å²) in [7, 11) is 1.64. The van der Waals surface area contributed by atoms with Crippen LogP contribution in [0.1, 0.15) is 29.8 Å². The van der Waals surface area contributed by atoms with E-state index < -0.39 is 0 Å². The number of pyridine rings is 1. The maximum Gasteiger partial charge on any atom is 0.256 e. The molecule has 1 aromatic heterocycles. The molecular weight excluding hydrogens is 308 g/mol. The predicted molar refractivity (Wildman–Crippen MR) is 91.4 cm³/mol. The molecule has 128 valence electrons. The van der Waals surface area contributed by atoms with Crippen molar-refractivity contribution in [3.63, 3.8) is 0 Å². The third-order valence-electron chi connectivity index (χ3n) is 3.59. The summed E-state index contributed by atoms with van der Waals surface area (Å²) in [6.45, 7) is 8.37. The first-order valence-corrected chi connectivity index (χ1v) is 7.76. The molecule has 6 nitrogen and oxygen atoms in total. The molecule has 0 saturated carbocycles. The molecule has 1 aliphatic heterocycles. The van der Waals surface area contributed by atoms with Crippen LogP contribution in [0.3, 0.4) is 0 Å². The summed E-state index contributed by atoms with van der Waals surface area (Å²) in [5.74, 6) is 0.750. The van der Waals surface area contributed by atoms with E-state index >= 15 is 0 Å². The number of nitrogens with one attached hydrogen (secondary N) is 1. The minimum Gasteiger partial charge on any atom is -0.487 e. The smallest absolute Gasteiger partial charge is 0.256 e. The number of amides is 1. The topological polar surface area (TPSA) is 69.6 Å². The molecular formula is C18H22N2O4. The van der Waals surface area contributed by atoms with Crippen LogP contribution in [-0.4, -0.2) is 23.7 Å². The lowest BCUT2D eigenvalue weighted by atomic mass is 10.1. The van der Waals surface area contributed by atoms with Crippen molar-refractivity contribution in [2.24, 2.45) is 7.05 Å². The molecule has 0 aliphatic carbocycles. The molecule has 2 heterocycles. The van der Waals surface area contributed by atoms with Gasteiger partial charge in [-0.2, -0.15) is 0 Å². The Morgan fingerprint density at radius 2 is 2.12 bits per heavy atom. The Labute approximate surface area is 141 Å². The standard InChI is InChI=1S/C18H22N2O4/c1-5-14-10-15(11-20(4)18(14)22)17(21)19-12(2)6-7-16-13(3)23-8-9-24-16/h6-7,10-11H,3,5,8-9H2,1-2,4H3,(H,19,21)/b12-6+,16-7+. The van der Waals surface area contributed by atoms with Crippen LogP contribution in [0.15, 0.2) is 53.0 Å². The van der Waals surface area contributed by atoms with Crippen molar-refractivity contribution in [2.45, 2.75) is 20.3 Å². The van der Waals surface area contributed by atoms with E-state index in [9.17, 15) is 9.59 Å². The van der Waals surface area contributed by atoms with Gasteiger partial charge in [0.2, 0.25) is 0 Å². The second-order valence-corrected chi connectivity index (χ2v) is 5.48. The summed E-state index contributed by atoms with van der Waals surface area (Å²) in [5, 5.41) is 2.78. The highest BCUT2D eigenvalue weighted by Crippen LogP contribution is 2.16. The van der Waals surface area contributed by atoms with Crippen molar-refractivity contribution in [3.05, 3.63) is 69.7 Å². The number of nitrogens with zero attached hydrogens (tertiary/aromatic N) is 1. The molecule has 0 bridgehead atoms. The van der Waals surface area contributed by atoms with Crippen LogP contribution in [0.4, 0.5) is 0 Å². The minimum absolute atomic E-state index is 0.0843. The molecule has 6 heteroatoms. The van der Waals surface area contributed by atoms with Crippen LogP contribution in [0.25, 0.3) is 0 Å². The van der Waals surface area contributed by atoms with Gasteiger partial charge in [-0.3, -0.25) is 9.59 Å². The van der Waals surface area contributed by atoms with Crippen molar-refractivity contribution < 1.29 is 14.3 Å². The summed E-state index contributed by atoms with van der Waals surface area (Å²) in [6, 6.07) is 1.63. The fraction of sp³-hybridized carbons (Fsp3) is 0.333. The molecule has 1 N–H and O–H groups in total. The molecule has 1 amide bonds. The lowest BCUT2D eigenvalue weighted by Crippen LogP contribution is -2.26. The van der Waals surface area contributed by atoms with Crippen molar-refractivity contribution in [2.75, 3.05) is 13.2 Å². The molecule has 1 saturated heterocycles. The summed E-state index contributed by atoms with van der Waals surface area (Å²) in [5.41, 5.74) is 1.61. The summed E-state index contributed by atoms with van der Waals surface area (Å²) < 4.78 is 12.1. The number of carbonyl (C=O) groups is 1. The zero-order valence-electron chi connectivity index (χ0n) is 14.2. The van der Waals surface area contributed by atoms with E-state index in [4.69, 9.17) is 9.47 Å². The summed E-state index contributed by atoms with van der Waals surface area (Å²) in [4.78, 5) is 24.2. The van der Waals surface area contributed by atoms with E-state index in [-0.39, 0.29) is 11.5 Å². The van der Waals surface area contributed by atoms with Gasteiger partial charge < -0.3 is 19.4 Å². The Balaban J connectivity index is 2.13. The van der Waals surface area contributed by atoms with Gasteiger partial charge in [0.15, 0.2) is 11.5 Å². The number of hydrogen-bond acceptors (Lipinski definition) is 4. The third-order valence-corrected chi connectivity index (χ3v) is 3.59. The predicted octanol–water partition coefficient (Wildman–Crippen LogP) is 2.03. The Bertz CT molecular complexity index is 772. The SMILES string of the molecule is C=C1OCCO/C1=C/C=C(\C)NC(=O)c1cc(CC)c(=O)n(C)c1. The van der Waals surface area contributed by atoms with Crippen LogP contribution >= 0.6 is 0 Å². The normalized spacial score (nSPS) is 16.5. The van der Waals surface area contributed by atoms with E-state index in [0.29, 0.717) is 48.0 Å². The van der Waals surface area contributed by atoms with E-state index in [1.54, 1.807) is 32.2 Å². The Morgan fingerprint density at radius 3 is 2.79 bits per heavy atom. The quantitative estimate of drug-likeness (QED) is 0.917. The third kappa shape index (κ3) is 4.16. The van der Waals surface area contributed by atoms with E-state index in [1.165, 1.54) is 10.8 Å². The van der Waals surface area contributed by atoms with E-state index in [0.717, 1.165) is 0 Å². The molecule has 0 atom stereocenters. The fourth-order valence-corrected chi connectivity index (χ4v) is 2.26. The van der Waals surface area contributed by atoms with Gasteiger partial charge in [0, 0.05) is 24.5 Å². The zero-order valence-corrected chi connectivity index (χ0v) is 14.2. The molecule has 0 spiro atoms. The Kier molecular flexibility index (Phi) is 5.63. The van der Waals surface area contributed by atoms with Crippen molar-refractivity contribution in [1.29, 1.82) is 0 Å². The first kappa shape index (κ1) is 17.6. The maximum atomic E-state index is 12.3. The first-order valence-electron chi connectivity index (χ1n) is 7.76. The molecule has 24 heavy (non-hydrogen) atoms. The zero-order chi connectivity index (χ0) is 17.7. The van der Waals surface area contributed by atoms with Gasteiger partial charge >= 0.3 is 0 Å². The number of aromatic nitrogens is 1. The highest BCUT2D eigenvalue weighted by Gasteiger charge is 2.12. The molecule has 2 rings (SSSR count). The maximum absolute atomic E-state index is 12.3. The van der Waals surface area contributed by atoms with Gasteiger partial charge in [0.1, 0.15) is 13.2 Å². The van der Waals surface area contributed by atoms with Crippen molar-refractivity contribution in [1.82, 2.24) is 9.88 Å². The van der Waals surface area contributed by atoms with Crippen LogP contribution in [0.5, 0.6) is 0 Å². The Hall–Kier alpha value is -2.76. The number of aryl methyl sites for hydroxylation is 2. The van der Waals surface area contributed by atoms with E-state index in [1.807, 2.05) is 6.92 Å². The van der Waals surface area contributed by atoms with Crippen LogP contribution < -0.4 is 10.9 Å². The minimum atomic E-state index is -0.271. The second kappa shape index (κ2) is 7.68. The fourth-order valence-electron chi connectivity index (χ4n) is 2.26. The Morgan fingerprint density at radius 1 is 1.42 bits per heavy atom. The molecule has 0 unspecified atom stereocenters. The van der Waals surface area contributed by atoms with Gasteiger partial charge in [0.25, 0.3) is 11.5 Å². The largest absolute Gasteiger partial charge is 0.487 e. The number of ether oxygens (including phenoxy) is 2. The molecule has 0 aromatic carbocycles. The van der Waals surface area contributed by atoms with Gasteiger partial charge in [-0.25, -0.2) is 0 Å². The lowest BCUT2D eigenvalue weighted by Gasteiger charge is -2.19. The monoisotopic (exact) mass is 330 g/mol. The number of carbonyl (C=O) groups excluding carboxylic acids is 1. The average Bonchev–Trinajstić information content (AvgIpc) is 2.56. The van der Waals surface area contributed by atoms with Crippen molar-refractivity contribution in [3.8, 4) is 0 Å². The van der Waals surface area contributed by atoms with Crippen molar-refractivity contribution >= 4 is 5.91 Å². The molecule has 1 fully saturated rings. The number of rotatable bonds is 4.